The summed E-state index contributed by atoms with van der Waals surface area (Å²) in [7, 11) is 1.58. The molecular formula is C18H17N5O4S. The molecule has 3 aromatic rings. The molecule has 3 rings (SSSR count). The number of hydrogen-bond donors (Lipinski definition) is 1. The first-order valence-electron chi connectivity index (χ1n) is 8.20. The van der Waals surface area contributed by atoms with E-state index in [4.69, 9.17) is 21.7 Å². The number of nitrogens with zero attached hydrogens (tertiary/aromatic N) is 4. The van der Waals surface area contributed by atoms with Crippen LogP contribution in [0.1, 0.15) is 17.0 Å². The topological polar surface area (TPSA) is 108 Å². The first-order valence-corrected chi connectivity index (χ1v) is 8.61. The summed E-state index contributed by atoms with van der Waals surface area (Å²) in [5.74, 6) is 1.83. The van der Waals surface area contributed by atoms with Gasteiger partial charge >= 0.3 is 0 Å². The molecule has 0 aliphatic rings. The first-order chi connectivity index (χ1) is 13.5. The number of nitro benzene ring substituents is 1. The van der Waals surface area contributed by atoms with Crippen LogP contribution in [-0.4, -0.2) is 33.1 Å². The van der Waals surface area contributed by atoms with Crippen LogP contribution >= 0.6 is 12.2 Å². The van der Waals surface area contributed by atoms with Crippen LogP contribution < -0.4 is 9.47 Å². The van der Waals surface area contributed by atoms with Gasteiger partial charge in [0.2, 0.25) is 4.77 Å². The fraction of sp³-hybridized carbons (Fsp3) is 0.167. The summed E-state index contributed by atoms with van der Waals surface area (Å²) in [5.41, 5.74) is 1.64. The van der Waals surface area contributed by atoms with Crippen molar-refractivity contribution in [3.63, 3.8) is 0 Å². The van der Waals surface area contributed by atoms with Crippen molar-refractivity contribution in [3.05, 3.63) is 74.3 Å². The van der Waals surface area contributed by atoms with Gasteiger partial charge in [-0.1, -0.05) is 0 Å². The number of methoxy groups -OCH3 is 1. The van der Waals surface area contributed by atoms with Gasteiger partial charge in [-0.25, -0.2) is 0 Å². The average Bonchev–Trinajstić information content (AvgIpc) is 3.02. The maximum Gasteiger partial charge on any atom is 0.269 e. The van der Waals surface area contributed by atoms with Gasteiger partial charge in [0.1, 0.15) is 23.9 Å². The molecule has 0 amide bonds. The fourth-order valence-electron chi connectivity index (χ4n) is 2.45. The van der Waals surface area contributed by atoms with E-state index in [1.807, 2.05) is 18.2 Å². The number of hydrogen-bond acceptors (Lipinski definition) is 7. The molecule has 144 valence electrons. The summed E-state index contributed by atoms with van der Waals surface area (Å²) < 4.78 is 13.0. The van der Waals surface area contributed by atoms with Gasteiger partial charge < -0.3 is 9.47 Å². The van der Waals surface area contributed by atoms with Crippen LogP contribution in [-0.2, 0) is 6.61 Å². The van der Waals surface area contributed by atoms with Crippen molar-refractivity contribution in [3.8, 4) is 11.5 Å². The van der Waals surface area contributed by atoms with Gasteiger partial charge in [0.25, 0.3) is 5.69 Å². The van der Waals surface area contributed by atoms with Gasteiger partial charge in [0.05, 0.1) is 18.2 Å². The van der Waals surface area contributed by atoms with Gasteiger partial charge in [0.15, 0.2) is 0 Å². The Morgan fingerprint density at radius 2 is 2.07 bits per heavy atom. The van der Waals surface area contributed by atoms with Crippen LogP contribution in [0.2, 0.25) is 0 Å². The van der Waals surface area contributed by atoms with E-state index in [-0.39, 0.29) is 12.3 Å². The lowest BCUT2D eigenvalue weighted by molar-refractivity contribution is -0.384. The Morgan fingerprint density at radius 3 is 2.68 bits per heavy atom. The zero-order valence-corrected chi connectivity index (χ0v) is 16.0. The van der Waals surface area contributed by atoms with E-state index in [2.05, 4.69) is 15.3 Å². The molecule has 0 fully saturated rings. The second-order valence-electron chi connectivity index (χ2n) is 5.74. The molecule has 1 aromatic heterocycles. The minimum Gasteiger partial charge on any atom is -0.496 e. The maximum absolute atomic E-state index is 10.7. The number of nitrogens with one attached hydrogen (secondary N) is 1. The van der Waals surface area contributed by atoms with Crippen LogP contribution in [0.15, 0.2) is 47.6 Å². The van der Waals surface area contributed by atoms with Crippen molar-refractivity contribution in [1.29, 1.82) is 0 Å². The molecule has 0 bridgehead atoms. The molecule has 0 aliphatic carbocycles. The molecule has 0 saturated carbocycles. The normalized spacial score (nSPS) is 10.9. The SMILES string of the molecule is COc1ccc(/C=N/n2c(C)n[nH]c2=S)cc1COc1ccc([N+](=O)[O-])cc1. The van der Waals surface area contributed by atoms with E-state index in [0.29, 0.717) is 22.1 Å². The van der Waals surface area contributed by atoms with Crippen LogP contribution in [0, 0.1) is 21.8 Å². The van der Waals surface area contributed by atoms with Crippen LogP contribution in [0.4, 0.5) is 5.69 Å². The molecule has 0 atom stereocenters. The summed E-state index contributed by atoms with van der Waals surface area (Å²) in [5, 5.41) is 21.7. The highest BCUT2D eigenvalue weighted by atomic mass is 32.1. The maximum atomic E-state index is 10.7. The Labute approximate surface area is 165 Å². The third-order valence-electron chi connectivity index (χ3n) is 3.88. The molecule has 0 spiro atoms. The summed E-state index contributed by atoms with van der Waals surface area (Å²) in [6.07, 6.45) is 1.66. The van der Waals surface area contributed by atoms with Crippen molar-refractivity contribution in [1.82, 2.24) is 14.9 Å². The van der Waals surface area contributed by atoms with Gasteiger partial charge in [-0.2, -0.15) is 14.9 Å². The molecule has 0 saturated heterocycles. The quantitative estimate of drug-likeness (QED) is 0.281. The minimum absolute atomic E-state index is 0.0105. The van der Waals surface area contributed by atoms with Crippen LogP contribution in [0.5, 0.6) is 11.5 Å². The Morgan fingerprint density at radius 1 is 1.32 bits per heavy atom. The third kappa shape index (κ3) is 4.41. The minimum atomic E-state index is -0.455. The van der Waals surface area contributed by atoms with Crippen LogP contribution in [0.3, 0.4) is 0 Å². The number of non-ortho nitro benzene ring substituents is 1. The largest absolute Gasteiger partial charge is 0.496 e. The highest BCUT2D eigenvalue weighted by Crippen LogP contribution is 2.23. The Bertz CT molecular complexity index is 1070. The molecule has 28 heavy (non-hydrogen) atoms. The molecule has 0 unspecified atom stereocenters. The zero-order chi connectivity index (χ0) is 20.1. The molecule has 2 aromatic carbocycles. The van der Waals surface area contributed by atoms with E-state index >= 15 is 0 Å². The number of aromatic amines is 1. The van der Waals surface area contributed by atoms with Crippen molar-refractivity contribution in [2.45, 2.75) is 13.5 Å². The highest BCUT2D eigenvalue weighted by Gasteiger charge is 2.08. The molecular weight excluding hydrogens is 382 g/mol. The first kappa shape index (κ1) is 19.2. The van der Waals surface area contributed by atoms with E-state index in [9.17, 15) is 10.1 Å². The van der Waals surface area contributed by atoms with E-state index in [0.717, 1.165) is 11.1 Å². The molecule has 0 radical (unpaired) electrons. The predicted octanol–water partition coefficient (Wildman–Crippen LogP) is 3.63. The number of benzene rings is 2. The third-order valence-corrected chi connectivity index (χ3v) is 4.15. The van der Waals surface area contributed by atoms with E-state index < -0.39 is 4.92 Å². The number of ether oxygens (including phenoxy) is 2. The lowest BCUT2D eigenvalue weighted by Crippen LogP contribution is -2.01. The second-order valence-corrected chi connectivity index (χ2v) is 6.13. The molecule has 1 N–H and O–H groups in total. The lowest BCUT2D eigenvalue weighted by atomic mass is 10.1. The van der Waals surface area contributed by atoms with Crippen molar-refractivity contribution >= 4 is 24.1 Å². The summed E-state index contributed by atoms with van der Waals surface area (Å²) >= 11 is 5.12. The van der Waals surface area contributed by atoms with Crippen molar-refractivity contribution in [2.24, 2.45) is 5.10 Å². The lowest BCUT2D eigenvalue weighted by Gasteiger charge is -2.11. The second kappa shape index (κ2) is 8.44. The summed E-state index contributed by atoms with van der Waals surface area (Å²) in [6.45, 7) is 2.02. The average molecular weight is 399 g/mol. The molecule has 1 heterocycles. The summed E-state index contributed by atoms with van der Waals surface area (Å²) in [6, 6.07) is 11.5. The van der Waals surface area contributed by atoms with E-state index in [1.54, 1.807) is 32.4 Å². The Kier molecular flexibility index (Phi) is 5.80. The molecule has 0 aliphatic heterocycles. The molecule has 10 heteroatoms. The zero-order valence-electron chi connectivity index (χ0n) is 15.2. The van der Waals surface area contributed by atoms with Gasteiger partial charge in [-0.15, -0.1) is 0 Å². The number of nitro groups is 1. The number of rotatable bonds is 7. The van der Waals surface area contributed by atoms with Crippen LogP contribution in [0.25, 0.3) is 0 Å². The van der Waals surface area contributed by atoms with Crippen molar-refractivity contribution < 1.29 is 14.4 Å². The standard InChI is InChI=1S/C18H17N5O4S/c1-12-20-21-18(28)22(12)19-10-13-3-8-17(26-2)14(9-13)11-27-16-6-4-15(5-7-16)23(24)25/h3-10H,11H2,1-2H3,(H,21,28)/b19-10+. The smallest absolute Gasteiger partial charge is 0.269 e. The van der Waals surface area contributed by atoms with E-state index in [1.165, 1.54) is 16.8 Å². The predicted molar refractivity (Wildman–Crippen MR) is 106 cm³/mol. The van der Waals surface area contributed by atoms with Crippen molar-refractivity contribution in [2.75, 3.05) is 7.11 Å². The number of H-pyrrole nitrogens is 1. The Hall–Kier alpha value is -3.53. The fourth-order valence-corrected chi connectivity index (χ4v) is 2.67. The Balaban J connectivity index is 1.77. The monoisotopic (exact) mass is 399 g/mol. The highest BCUT2D eigenvalue weighted by molar-refractivity contribution is 7.71. The van der Waals surface area contributed by atoms with Gasteiger partial charge in [-0.05, 0) is 55.0 Å². The molecule has 9 nitrogen and oxygen atoms in total. The number of aromatic nitrogens is 3. The summed E-state index contributed by atoms with van der Waals surface area (Å²) in [4.78, 5) is 10.3. The van der Waals surface area contributed by atoms with Gasteiger partial charge in [0, 0.05) is 17.7 Å². The van der Waals surface area contributed by atoms with Gasteiger partial charge in [-0.3, -0.25) is 15.2 Å². The number of aryl methyl sites for hydroxylation is 1.